The van der Waals surface area contributed by atoms with E-state index < -0.39 is 5.91 Å². The average molecular weight is 414 g/mol. The van der Waals surface area contributed by atoms with Crippen LogP contribution in [-0.4, -0.2) is 30.9 Å². The molecular formula is C16H14BrClN2O4. The van der Waals surface area contributed by atoms with Crippen LogP contribution in [-0.2, 0) is 4.79 Å². The number of hydrogen-bond donors (Lipinski definition) is 2. The first-order chi connectivity index (χ1) is 11.5. The summed E-state index contributed by atoms with van der Waals surface area (Å²) >= 11 is 9.12. The Morgan fingerprint density at radius 3 is 2.75 bits per heavy atom. The molecule has 0 aromatic heterocycles. The quantitative estimate of drug-likeness (QED) is 0.562. The maximum atomic E-state index is 11.7. The Morgan fingerprint density at radius 1 is 1.33 bits per heavy atom. The predicted molar refractivity (Wildman–Crippen MR) is 95.0 cm³/mol. The lowest BCUT2D eigenvalue weighted by Crippen LogP contribution is -2.24. The Balaban J connectivity index is 1.85. The normalized spacial score (nSPS) is 10.6. The van der Waals surface area contributed by atoms with Crippen molar-refractivity contribution >= 4 is 39.7 Å². The molecule has 2 rings (SSSR count). The van der Waals surface area contributed by atoms with Gasteiger partial charge in [-0.25, -0.2) is 5.43 Å². The fraction of sp³-hybridized carbons (Fsp3) is 0.125. The van der Waals surface area contributed by atoms with E-state index in [9.17, 15) is 9.90 Å². The van der Waals surface area contributed by atoms with Crippen LogP contribution < -0.4 is 14.9 Å². The van der Waals surface area contributed by atoms with Crippen molar-refractivity contribution in [1.29, 1.82) is 0 Å². The molecule has 0 unspecified atom stereocenters. The Bertz CT molecular complexity index is 768. The third kappa shape index (κ3) is 5.14. The molecule has 0 radical (unpaired) electrons. The molecule has 2 aromatic rings. The van der Waals surface area contributed by atoms with Crippen LogP contribution in [0.5, 0.6) is 17.2 Å². The standard InChI is InChI=1S/C16H14BrClN2O4/c1-23-15-4-2-10(6-13(15)21)8-19-20-16(22)9-24-14-5-3-11(18)7-12(14)17/h2-8,21H,9H2,1H3,(H,20,22). The fourth-order valence-corrected chi connectivity index (χ4v) is 2.53. The highest BCUT2D eigenvalue weighted by Crippen LogP contribution is 2.28. The van der Waals surface area contributed by atoms with Crippen LogP contribution in [0.1, 0.15) is 5.56 Å². The molecule has 2 aromatic carbocycles. The van der Waals surface area contributed by atoms with Gasteiger partial charge in [-0.1, -0.05) is 11.6 Å². The van der Waals surface area contributed by atoms with E-state index in [4.69, 9.17) is 21.1 Å². The molecule has 0 heterocycles. The van der Waals surface area contributed by atoms with E-state index >= 15 is 0 Å². The van der Waals surface area contributed by atoms with Gasteiger partial charge in [-0.2, -0.15) is 5.10 Å². The molecule has 0 aliphatic carbocycles. The molecule has 1 amide bonds. The minimum Gasteiger partial charge on any atom is -0.504 e. The smallest absolute Gasteiger partial charge is 0.277 e. The number of amides is 1. The molecule has 6 nitrogen and oxygen atoms in total. The third-order valence-corrected chi connectivity index (χ3v) is 3.71. The van der Waals surface area contributed by atoms with Crippen LogP contribution in [0.25, 0.3) is 0 Å². The molecule has 0 saturated heterocycles. The van der Waals surface area contributed by atoms with Gasteiger partial charge in [0.25, 0.3) is 5.91 Å². The number of nitrogens with one attached hydrogen (secondary N) is 1. The zero-order valence-electron chi connectivity index (χ0n) is 12.6. The molecule has 0 spiro atoms. The van der Waals surface area contributed by atoms with E-state index in [1.54, 1.807) is 30.3 Å². The number of ether oxygens (including phenoxy) is 2. The summed E-state index contributed by atoms with van der Waals surface area (Å²) in [4.78, 5) is 11.7. The van der Waals surface area contributed by atoms with E-state index in [1.807, 2.05) is 0 Å². The first-order valence-electron chi connectivity index (χ1n) is 6.76. The fourth-order valence-electron chi connectivity index (χ4n) is 1.73. The van der Waals surface area contributed by atoms with E-state index in [1.165, 1.54) is 19.4 Å². The second-order valence-electron chi connectivity index (χ2n) is 4.59. The Labute approximate surface area is 152 Å². The number of hydrogen-bond acceptors (Lipinski definition) is 5. The molecular weight excluding hydrogens is 400 g/mol. The van der Waals surface area contributed by atoms with Crippen LogP contribution in [0.3, 0.4) is 0 Å². The number of carbonyl (C=O) groups excluding carboxylic acids is 1. The van der Waals surface area contributed by atoms with Crippen molar-refractivity contribution in [2.45, 2.75) is 0 Å². The van der Waals surface area contributed by atoms with Crippen molar-refractivity contribution < 1.29 is 19.4 Å². The number of aromatic hydroxyl groups is 1. The van der Waals surface area contributed by atoms with Gasteiger partial charge in [0.1, 0.15) is 5.75 Å². The zero-order chi connectivity index (χ0) is 17.5. The van der Waals surface area contributed by atoms with Crippen molar-refractivity contribution in [1.82, 2.24) is 5.43 Å². The van der Waals surface area contributed by atoms with Crippen molar-refractivity contribution in [3.8, 4) is 17.2 Å². The molecule has 0 atom stereocenters. The maximum Gasteiger partial charge on any atom is 0.277 e. The summed E-state index contributed by atoms with van der Waals surface area (Å²) in [5.41, 5.74) is 2.94. The number of rotatable bonds is 6. The van der Waals surface area contributed by atoms with Crippen LogP contribution >= 0.6 is 27.5 Å². The second kappa shape index (κ2) is 8.56. The molecule has 0 saturated carbocycles. The Hall–Kier alpha value is -2.25. The van der Waals surface area contributed by atoms with Crippen molar-refractivity contribution in [2.24, 2.45) is 5.10 Å². The predicted octanol–water partition coefficient (Wildman–Crippen LogP) is 3.35. The summed E-state index contributed by atoms with van der Waals surface area (Å²) in [6.07, 6.45) is 1.40. The first-order valence-corrected chi connectivity index (χ1v) is 7.93. The number of nitrogens with zero attached hydrogens (tertiary/aromatic N) is 1. The summed E-state index contributed by atoms with van der Waals surface area (Å²) in [5.74, 6) is 0.422. The number of halogens is 2. The van der Waals surface area contributed by atoms with Gasteiger partial charge in [-0.15, -0.1) is 0 Å². The van der Waals surface area contributed by atoms with E-state index in [2.05, 4.69) is 26.5 Å². The molecule has 0 fully saturated rings. The van der Waals surface area contributed by atoms with Gasteiger partial charge in [-0.05, 0) is 57.9 Å². The van der Waals surface area contributed by atoms with Gasteiger partial charge >= 0.3 is 0 Å². The number of phenols is 1. The molecule has 24 heavy (non-hydrogen) atoms. The third-order valence-electron chi connectivity index (χ3n) is 2.86. The van der Waals surface area contributed by atoms with E-state index in [-0.39, 0.29) is 12.4 Å². The molecule has 2 N–H and O–H groups in total. The summed E-state index contributed by atoms with van der Waals surface area (Å²) in [6.45, 7) is -0.203. The highest BCUT2D eigenvalue weighted by molar-refractivity contribution is 9.10. The molecule has 8 heteroatoms. The average Bonchev–Trinajstić information content (AvgIpc) is 2.54. The van der Waals surface area contributed by atoms with Gasteiger partial charge in [-0.3, -0.25) is 4.79 Å². The highest BCUT2D eigenvalue weighted by atomic mass is 79.9. The lowest BCUT2D eigenvalue weighted by atomic mass is 10.2. The lowest BCUT2D eigenvalue weighted by Gasteiger charge is -2.07. The number of benzene rings is 2. The largest absolute Gasteiger partial charge is 0.504 e. The zero-order valence-corrected chi connectivity index (χ0v) is 15.0. The molecule has 0 aliphatic rings. The SMILES string of the molecule is COc1ccc(C=NNC(=O)COc2ccc(Cl)cc2Br)cc1O. The van der Waals surface area contributed by atoms with Crippen molar-refractivity contribution in [3.05, 3.63) is 51.5 Å². The summed E-state index contributed by atoms with van der Waals surface area (Å²) < 4.78 is 11.0. The van der Waals surface area contributed by atoms with Gasteiger partial charge < -0.3 is 14.6 Å². The number of phenolic OH excluding ortho intramolecular Hbond substituents is 1. The van der Waals surface area contributed by atoms with Gasteiger partial charge in [0.05, 0.1) is 17.8 Å². The molecule has 0 aliphatic heterocycles. The topological polar surface area (TPSA) is 80.2 Å². The summed E-state index contributed by atoms with van der Waals surface area (Å²) in [7, 11) is 1.46. The van der Waals surface area contributed by atoms with Crippen molar-refractivity contribution in [2.75, 3.05) is 13.7 Å². The monoisotopic (exact) mass is 412 g/mol. The molecule has 0 bridgehead atoms. The van der Waals surface area contributed by atoms with Crippen molar-refractivity contribution in [3.63, 3.8) is 0 Å². The minimum absolute atomic E-state index is 0.0105. The summed E-state index contributed by atoms with van der Waals surface area (Å²) in [6, 6.07) is 9.74. The number of hydrazone groups is 1. The number of methoxy groups -OCH3 is 1. The minimum atomic E-state index is -0.425. The molecule has 126 valence electrons. The van der Waals surface area contributed by atoms with E-state index in [0.29, 0.717) is 26.6 Å². The summed E-state index contributed by atoms with van der Waals surface area (Å²) in [5, 5.41) is 14.0. The van der Waals surface area contributed by atoms with E-state index in [0.717, 1.165) is 0 Å². The van der Waals surface area contributed by atoms with Gasteiger partial charge in [0.15, 0.2) is 18.1 Å². The van der Waals surface area contributed by atoms with Gasteiger partial charge in [0, 0.05) is 5.02 Å². The maximum absolute atomic E-state index is 11.7. The van der Waals surface area contributed by atoms with Crippen LogP contribution in [0, 0.1) is 0 Å². The lowest BCUT2D eigenvalue weighted by molar-refractivity contribution is -0.123. The second-order valence-corrected chi connectivity index (χ2v) is 5.88. The highest BCUT2D eigenvalue weighted by Gasteiger charge is 2.06. The van der Waals surface area contributed by atoms with Crippen LogP contribution in [0.2, 0.25) is 5.02 Å². The van der Waals surface area contributed by atoms with Crippen LogP contribution in [0.4, 0.5) is 0 Å². The van der Waals surface area contributed by atoms with Crippen LogP contribution in [0.15, 0.2) is 46.0 Å². The number of carbonyl (C=O) groups is 1. The Kier molecular flexibility index (Phi) is 6.45. The van der Waals surface area contributed by atoms with Gasteiger partial charge in [0.2, 0.25) is 0 Å². The Morgan fingerprint density at radius 2 is 2.08 bits per heavy atom. The first kappa shape index (κ1) is 18.1.